The van der Waals surface area contributed by atoms with E-state index in [1.165, 1.54) is 28.8 Å². The van der Waals surface area contributed by atoms with Crippen molar-refractivity contribution in [2.24, 2.45) is 0 Å². The van der Waals surface area contributed by atoms with Gasteiger partial charge in [-0.1, -0.05) is 35.9 Å². The molecule has 1 fully saturated rings. The number of nitro groups is 1. The van der Waals surface area contributed by atoms with Crippen LogP contribution in [0.4, 0.5) is 10.5 Å². The maximum Gasteiger partial charge on any atom is 0.293 e. The van der Waals surface area contributed by atoms with Gasteiger partial charge in [-0.2, -0.15) is 0 Å². The molecule has 1 aliphatic heterocycles. The maximum absolute atomic E-state index is 12.7. The van der Waals surface area contributed by atoms with Gasteiger partial charge in [0.1, 0.15) is 0 Å². The fourth-order valence-corrected chi connectivity index (χ4v) is 4.30. The highest BCUT2D eigenvalue weighted by molar-refractivity contribution is 8.18. The van der Waals surface area contributed by atoms with Crippen molar-refractivity contribution in [2.45, 2.75) is 18.4 Å². The number of amides is 2. The molecule has 9 heteroatoms. The van der Waals surface area contributed by atoms with Gasteiger partial charge in [-0.05, 0) is 42.0 Å². The number of carbonyl (C=O) groups excluding carboxylic acids is 2. The van der Waals surface area contributed by atoms with Gasteiger partial charge < -0.3 is 5.11 Å². The van der Waals surface area contributed by atoms with Crippen molar-refractivity contribution >= 4 is 46.4 Å². The summed E-state index contributed by atoms with van der Waals surface area (Å²) in [6, 6.07) is 12.2. The lowest BCUT2D eigenvalue weighted by Crippen LogP contribution is -2.27. The molecule has 0 atom stereocenters. The second-order valence-corrected chi connectivity index (χ2v) is 8.44. The Bertz CT molecular complexity index is 989. The third-order valence-corrected chi connectivity index (χ3v) is 6.11. The molecular weight excluding hydrogens is 412 g/mol. The number of aliphatic hydroxyl groups is 1. The average molecular weight is 431 g/mol. The van der Waals surface area contributed by atoms with E-state index in [2.05, 4.69) is 0 Å². The van der Waals surface area contributed by atoms with Gasteiger partial charge in [0.15, 0.2) is 0 Å². The number of benzene rings is 2. The molecule has 7 nitrogen and oxygen atoms in total. The summed E-state index contributed by atoms with van der Waals surface area (Å²) in [5.74, 6) is -0.0695. The molecule has 3 rings (SSSR count). The summed E-state index contributed by atoms with van der Waals surface area (Å²) in [7, 11) is 0. The summed E-state index contributed by atoms with van der Waals surface area (Å²) in [5.41, 5.74) is 2.30. The van der Waals surface area contributed by atoms with Crippen LogP contribution in [0.3, 0.4) is 0 Å². The average Bonchev–Trinajstić information content (AvgIpc) is 2.95. The number of nitrogens with zero attached hydrogens (tertiary/aromatic N) is 2. The Morgan fingerprint density at radius 2 is 1.93 bits per heavy atom. The van der Waals surface area contributed by atoms with Crippen molar-refractivity contribution in [1.29, 1.82) is 0 Å². The summed E-state index contributed by atoms with van der Waals surface area (Å²) in [4.78, 5) is 37.6. The second-order valence-electron chi connectivity index (χ2n) is 6.31. The topological polar surface area (TPSA) is 101 Å². The van der Waals surface area contributed by atoms with Crippen LogP contribution >= 0.6 is 23.5 Å². The third kappa shape index (κ3) is 5.06. The van der Waals surface area contributed by atoms with Crippen molar-refractivity contribution < 1.29 is 19.6 Å². The number of hydrogen-bond donors (Lipinski definition) is 1. The SMILES string of the molecule is Cc1ccc(CN2C(=O)S/C(=C/c3ccc(SCCO)c([N+](=O)[O-])c3)C2=O)cc1. The lowest BCUT2D eigenvalue weighted by molar-refractivity contribution is -0.387. The molecular formula is C20H18N2O5S2. The van der Waals surface area contributed by atoms with Gasteiger partial charge in [0.2, 0.25) is 0 Å². The molecule has 1 heterocycles. The smallest absolute Gasteiger partial charge is 0.293 e. The molecule has 1 N–H and O–H groups in total. The van der Waals surface area contributed by atoms with Crippen molar-refractivity contribution in [1.82, 2.24) is 4.90 Å². The van der Waals surface area contributed by atoms with Crippen LogP contribution in [0.2, 0.25) is 0 Å². The highest BCUT2D eigenvalue weighted by atomic mass is 32.2. The molecule has 0 unspecified atom stereocenters. The minimum Gasteiger partial charge on any atom is -0.396 e. The number of aryl methyl sites for hydroxylation is 1. The van der Waals surface area contributed by atoms with E-state index in [1.54, 1.807) is 12.1 Å². The first-order valence-electron chi connectivity index (χ1n) is 8.72. The number of nitro benzene ring substituents is 1. The van der Waals surface area contributed by atoms with Crippen LogP contribution in [0.5, 0.6) is 0 Å². The Kier molecular flexibility index (Phi) is 6.73. The first-order chi connectivity index (χ1) is 13.9. The Morgan fingerprint density at radius 1 is 1.21 bits per heavy atom. The van der Waals surface area contributed by atoms with Crippen molar-refractivity contribution in [2.75, 3.05) is 12.4 Å². The van der Waals surface area contributed by atoms with Crippen LogP contribution < -0.4 is 0 Å². The minimum absolute atomic E-state index is 0.0856. The zero-order chi connectivity index (χ0) is 21.0. The van der Waals surface area contributed by atoms with Crippen LogP contribution in [0.15, 0.2) is 52.3 Å². The van der Waals surface area contributed by atoms with E-state index in [0.29, 0.717) is 16.2 Å². The summed E-state index contributed by atoms with van der Waals surface area (Å²) in [5, 5.41) is 19.9. The molecule has 1 saturated heterocycles. The monoisotopic (exact) mass is 430 g/mol. The van der Waals surface area contributed by atoms with E-state index >= 15 is 0 Å². The van der Waals surface area contributed by atoms with E-state index in [1.807, 2.05) is 31.2 Å². The number of aliphatic hydroxyl groups excluding tert-OH is 1. The molecule has 150 valence electrons. The first kappa shape index (κ1) is 21.1. The van der Waals surface area contributed by atoms with Crippen LogP contribution in [0.25, 0.3) is 6.08 Å². The van der Waals surface area contributed by atoms with Gasteiger partial charge in [-0.3, -0.25) is 24.6 Å². The van der Waals surface area contributed by atoms with Gasteiger partial charge >= 0.3 is 0 Å². The highest BCUT2D eigenvalue weighted by Crippen LogP contribution is 2.35. The largest absolute Gasteiger partial charge is 0.396 e. The van der Waals surface area contributed by atoms with Crippen molar-refractivity contribution in [3.63, 3.8) is 0 Å². The first-order valence-corrected chi connectivity index (χ1v) is 10.5. The second kappa shape index (κ2) is 9.25. The standard InChI is InChI=1S/C20H18N2O5S2/c1-13-2-4-14(5-3-13)12-21-19(24)18(29-20(21)25)11-15-6-7-17(28-9-8-23)16(10-15)22(26)27/h2-7,10-11,23H,8-9,12H2,1H3/b18-11+. The van der Waals surface area contributed by atoms with Crippen molar-refractivity contribution in [3.05, 3.63) is 74.2 Å². The van der Waals surface area contributed by atoms with Gasteiger partial charge in [0, 0.05) is 11.8 Å². The van der Waals surface area contributed by atoms with Crippen LogP contribution in [0.1, 0.15) is 16.7 Å². The number of imide groups is 1. The lowest BCUT2D eigenvalue weighted by Gasteiger charge is -2.12. The van der Waals surface area contributed by atoms with E-state index in [4.69, 9.17) is 5.11 Å². The molecule has 1 aliphatic rings. The predicted molar refractivity (Wildman–Crippen MR) is 114 cm³/mol. The zero-order valence-electron chi connectivity index (χ0n) is 15.5. The maximum atomic E-state index is 12.7. The third-order valence-electron chi connectivity index (χ3n) is 4.16. The molecule has 0 aliphatic carbocycles. The van der Waals surface area contributed by atoms with E-state index in [0.717, 1.165) is 22.9 Å². The molecule has 29 heavy (non-hydrogen) atoms. The Labute approximate surface area is 175 Å². The summed E-state index contributed by atoms with van der Waals surface area (Å²) in [6.45, 7) is 2.05. The number of rotatable bonds is 7. The molecule has 2 amide bonds. The Balaban J connectivity index is 1.82. The molecule has 0 spiro atoms. The summed E-state index contributed by atoms with van der Waals surface area (Å²) in [6.07, 6.45) is 1.49. The minimum atomic E-state index is -0.500. The van der Waals surface area contributed by atoms with E-state index in [9.17, 15) is 19.7 Å². The van der Waals surface area contributed by atoms with Crippen LogP contribution in [-0.2, 0) is 11.3 Å². The highest BCUT2D eigenvalue weighted by Gasteiger charge is 2.35. The fraction of sp³-hybridized carbons (Fsp3) is 0.200. The van der Waals surface area contributed by atoms with E-state index < -0.39 is 10.8 Å². The van der Waals surface area contributed by atoms with E-state index in [-0.39, 0.29) is 29.0 Å². The predicted octanol–water partition coefficient (Wildman–Crippen LogP) is 4.22. The van der Waals surface area contributed by atoms with Crippen LogP contribution in [-0.4, -0.2) is 38.4 Å². The van der Waals surface area contributed by atoms with Gasteiger partial charge in [0.05, 0.1) is 27.9 Å². The molecule has 2 aromatic rings. The Hall–Kier alpha value is -2.62. The summed E-state index contributed by atoms with van der Waals surface area (Å²) < 4.78 is 0. The fourth-order valence-electron chi connectivity index (χ4n) is 2.71. The zero-order valence-corrected chi connectivity index (χ0v) is 17.2. The van der Waals surface area contributed by atoms with Gasteiger partial charge in [0.25, 0.3) is 16.8 Å². The number of thioether (sulfide) groups is 2. The molecule has 0 radical (unpaired) electrons. The quantitative estimate of drug-likeness (QED) is 0.304. The van der Waals surface area contributed by atoms with Gasteiger partial charge in [-0.25, -0.2) is 0 Å². The molecule has 2 aromatic carbocycles. The van der Waals surface area contributed by atoms with Crippen molar-refractivity contribution in [3.8, 4) is 0 Å². The number of hydrogen-bond acceptors (Lipinski definition) is 7. The molecule has 0 saturated carbocycles. The van der Waals surface area contributed by atoms with Gasteiger partial charge in [-0.15, -0.1) is 11.8 Å². The summed E-state index contributed by atoms with van der Waals surface area (Å²) >= 11 is 2.01. The number of carbonyl (C=O) groups is 2. The lowest BCUT2D eigenvalue weighted by atomic mass is 10.1. The molecule has 0 bridgehead atoms. The van der Waals surface area contributed by atoms with Crippen LogP contribution in [0, 0.1) is 17.0 Å². The normalized spacial score (nSPS) is 15.4. The molecule has 0 aromatic heterocycles. The Morgan fingerprint density at radius 3 is 2.59 bits per heavy atom.